The standard InChI is InChI=1S/C17H15NO5/c1-10-15(17(20)21)13-8-12(5-6-14(13)23-10)22-9-11-4-3-7-18(2)16(11)19/h3-8H,9H2,1-2H3,(H,20,21). The molecule has 1 N–H and O–H groups in total. The van der Waals surface area contributed by atoms with Crippen LogP contribution in [0.4, 0.5) is 0 Å². The normalized spacial score (nSPS) is 10.9. The van der Waals surface area contributed by atoms with E-state index in [1.165, 1.54) is 4.57 Å². The number of nitrogens with zero attached hydrogens (tertiary/aromatic N) is 1. The number of ether oxygens (including phenoxy) is 1. The number of carbonyl (C=O) groups is 1. The van der Waals surface area contributed by atoms with Crippen molar-refractivity contribution in [1.82, 2.24) is 4.57 Å². The molecule has 2 aromatic heterocycles. The Morgan fingerprint density at radius 1 is 1.35 bits per heavy atom. The van der Waals surface area contributed by atoms with Crippen LogP contribution in [0.15, 0.2) is 45.7 Å². The van der Waals surface area contributed by atoms with Crippen molar-refractivity contribution in [1.29, 1.82) is 0 Å². The molecule has 118 valence electrons. The highest BCUT2D eigenvalue weighted by Crippen LogP contribution is 2.29. The van der Waals surface area contributed by atoms with Gasteiger partial charge in [0.25, 0.3) is 5.56 Å². The Balaban J connectivity index is 1.92. The molecule has 0 unspecified atom stereocenters. The zero-order valence-corrected chi connectivity index (χ0v) is 12.7. The molecule has 3 aromatic rings. The summed E-state index contributed by atoms with van der Waals surface area (Å²) in [5, 5.41) is 9.75. The van der Waals surface area contributed by atoms with Gasteiger partial charge in [-0.2, -0.15) is 0 Å². The van der Waals surface area contributed by atoms with Crippen molar-refractivity contribution in [3.63, 3.8) is 0 Å². The van der Waals surface area contributed by atoms with Gasteiger partial charge in [-0.05, 0) is 37.3 Å². The number of fused-ring (bicyclic) bond motifs is 1. The third-order valence-electron chi connectivity index (χ3n) is 3.65. The molecule has 0 amide bonds. The van der Waals surface area contributed by atoms with Gasteiger partial charge in [0.2, 0.25) is 0 Å². The molecule has 0 saturated carbocycles. The summed E-state index contributed by atoms with van der Waals surface area (Å²) in [5.74, 6) is -0.219. The molecule has 0 fully saturated rings. The Morgan fingerprint density at radius 3 is 2.87 bits per heavy atom. The highest BCUT2D eigenvalue weighted by Gasteiger charge is 2.17. The third-order valence-corrected chi connectivity index (χ3v) is 3.65. The Morgan fingerprint density at radius 2 is 2.13 bits per heavy atom. The van der Waals surface area contributed by atoms with Gasteiger partial charge in [0.1, 0.15) is 29.3 Å². The molecule has 0 radical (unpaired) electrons. The number of hydrogen-bond donors (Lipinski definition) is 1. The lowest BCUT2D eigenvalue weighted by Gasteiger charge is -2.07. The van der Waals surface area contributed by atoms with Crippen LogP contribution in [0.25, 0.3) is 11.0 Å². The Labute approximate surface area is 131 Å². The molecule has 23 heavy (non-hydrogen) atoms. The predicted octanol–water partition coefficient (Wildman–Crippen LogP) is 2.72. The highest BCUT2D eigenvalue weighted by atomic mass is 16.5. The van der Waals surface area contributed by atoms with E-state index in [9.17, 15) is 14.7 Å². The molecule has 0 aliphatic carbocycles. The minimum Gasteiger partial charge on any atom is -0.489 e. The predicted molar refractivity (Wildman–Crippen MR) is 83.9 cm³/mol. The topological polar surface area (TPSA) is 81.7 Å². The lowest BCUT2D eigenvalue weighted by molar-refractivity contribution is 0.0697. The Hall–Kier alpha value is -3.02. The minimum absolute atomic E-state index is 0.109. The maximum absolute atomic E-state index is 11.9. The van der Waals surface area contributed by atoms with E-state index in [4.69, 9.17) is 9.15 Å². The molecule has 0 spiro atoms. The summed E-state index contributed by atoms with van der Waals surface area (Å²) >= 11 is 0. The van der Waals surface area contributed by atoms with Crippen LogP contribution < -0.4 is 10.3 Å². The van der Waals surface area contributed by atoms with Gasteiger partial charge in [-0.15, -0.1) is 0 Å². The van der Waals surface area contributed by atoms with Crippen LogP contribution in [-0.4, -0.2) is 15.6 Å². The van der Waals surface area contributed by atoms with Gasteiger partial charge in [0.05, 0.1) is 5.56 Å². The van der Waals surface area contributed by atoms with E-state index in [-0.39, 0.29) is 17.7 Å². The van der Waals surface area contributed by atoms with Crippen LogP contribution in [0, 0.1) is 6.92 Å². The van der Waals surface area contributed by atoms with E-state index < -0.39 is 5.97 Å². The number of rotatable bonds is 4. The monoisotopic (exact) mass is 313 g/mol. The number of aryl methyl sites for hydroxylation is 2. The summed E-state index contributed by atoms with van der Waals surface area (Å²) in [6, 6.07) is 8.43. The van der Waals surface area contributed by atoms with Gasteiger partial charge < -0.3 is 18.8 Å². The Bertz CT molecular complexity index is 951. The zero-order valence-electron chi connectivity index (χ0n) is 12.7. The fraction of sp³-hybridized carbons (Fsp3) is 0.176. The number of pyridine rings is 1. The van der Waals surface area contributed by atoms with Crippen LogP contribution in [0.3, 0.4) is 0 Å². The highest BCUT2D eigenvalue weighted by molar-refractivity contribution is 6.03. The van der Waals surface area contributed by atoms with Gasteiger partial charge in [0.15, 0.2) is 0 Å². The summed E-state index contributed by atoms with van der Waals surface area (Å²) in [6.45, 7) is 1.72. The molecule has 0 aliphatic rings. The quantitative estimate of drug-likeness (QED) is 0.801. The molecular weight excluding hydrogens is 298 g/mol. The largest absolute Gasteiger partial charge is 0.489 e. The average molecular weight is 313 g/mol. The van der Waals surface area contributed by atoms with E-state index in [1.54, 1.807) is 50.5 Å². The number of carboxylic acids is 1. The van der Waals surface area contributed by atoms with Crippen molar-refractivity contribution in [3.05, 3.63) is 63.8 Å². The second kappa shape index (κ2) is 5.64. The second-order valence-electron chi connectivity index (χ2n) is 5.23. The molecule has 3 rings (SSSR count). The van der Waals surface area contributed by atoms with Gasteiger partial charge in [0, 0.05) is 18.6 Å². The fourth-order valence-corrected chi connectivity index (χ4v) is 2.48. The van der Waals surface area contributed by atoms with Crippen molar-refractivity contribution in [2.45, 2.75) is 13.5 Å². The zero-order chi connectivity index (χ0) is 16.6. The van der Waals surface area contributed by atoms with Crippen molar-refractivity contribution in [3.8, 4) is 5.75 Å². The smallest absolute Gasteiger partial charge is 0.339 e. The van der Waals surface area contributed by atoms with E-state index >= 15 is 0 Å². The van der Waals surface area contributed by atoms with E-state index in [0.717, 1.165) is 0 Å². The van der Waals surface area contributed by atoms with E-state index in [1.807, 2.05) is 0 Å². The number of carboxylic acid groups (broad SMARTS) is 1. The number of aromatic nitrogens is 1. The fourth-order valence-electron chi connectivity index (χ4n) is 2.48. The molecular formula is C17H15NO5. The van der Waals surface area contributed by atoms with Crippen LogP contribution in [0.2, 0.25) is 0 Å². The average Bonchev–Trinajstić information content (AvgIpc) is 2.84. The Kier molecular flexibility index (Phi) is 3.65. The first-order valence-electron chi connectivity index (χ1n) is 7.01. The second-order valence-corrected chi connectivity index (χ2v) is 5.23. The van der Waals surface area contributed by atoms with Crippen molar-refractivity contribution >= 4 is 16.9 Å². The van der Waals surface area contributed by atoms with Crippen molar-refractivity contribution < 1.29 is 19.1 Å². The van der Waals surface area contributed by atoms with Crippen LogP contribution >= 0.6 is 0 Å². The molecule has 2 heterocycles. The molecule has 0 aliphatic heterocycles. The van der Waals surface area contributed by atoms with Crippen molar-refractivity contribution in [2.75, 3.05) is 0 Å². The summed E-state index contributed by atoms with van der Waals surface area (Å²) in [5.41, 5.74) is 1.01. The van der Waals surface area contributed by atoms with Gasteiger partial charge in [-0.1, -0.05) is 0 Å². The third kappa shape index (κ3) is 2.70. The first-order valence-corrected chi connectivity index (χ1v) is 7.01. The summed E-state index contributed by atoms with van der Waals surface area (Å²) in [6.07, 6.45) is 1.67. The first-order chi connectivity index (χ1) is 11.0. The maximum atomic E-state index is 11.9. The maximum Gasteiger partial charge on any atom is 0.339 e. The first kappa shape index (κ1) is 14.9. The molecule has 6 heteroatoms. The summed E-state index contributed by atoms with van der Waals surface area (Å²) in [7, 11) is 1.67. The SMILES string of the molecule is Cc1oc2ccc(OCc3cccn(C)c3=O)cc2c1C(=O)O. The molecule has 1 aromatic carbocycles. The molecule has 0 bridgehead atoms. The molecule has 0 saturated heterocycles. The number of benzene rings is 1. The van der Waals surface area contributed by atoms with Gasteiger partial charge in [-0.25, -0.2) is 4.79 Å². The van der Waals surface area contributed by atoms with E-state index in [2.05, 4.69) is 0 Å². The molecule has 0 atom stereocenters. The van der Waals surface area contributed by atoms with Crippen LogP contribution in [0.5, 0.6) is 5.75 Å². The van der Waals surface area contributed by atoms with E-state index in [0.29, 0.717) is 28.0 Å². The van der Waals surface area contributed by atoms with Gasteiger partial charge >= 0.3 is 5.97 Å². The van der Waals surface area contributed by atoms with Crippen molar-refractivity contribution in [2.24, 2.45) is 7.05 Å². The lowest BCUT2D eigenvalue weighted by atomic mass is 10.1. The van der Waals surface area contributed by atoms with Crippen LogP contribution in [0.1, 0.15) is 21.7 Å². The van der Waals surface area contributed by atoms with Gasteiger partial charge in [-0.3, -0.25) is 4.79 Å². The number of furan rings is 1. The lowest BCUT2D eigenvalue weighted by Crippen LogP contribution is -2.21. The number of aromatic carboxylic acids is 1. The van der Waals surface area contributed by atoms with Crippen LogP contribution in [-0.2, 0) is 13.7 Å². The summed E-state index contributed by atoms with van der Waals surface area (Å²) < 4.78 is 12.5. The number of hydrogen-bond acceptors (Lipinski definition) is 4. The minimum atomic E-state index is -1.05. The molecule has 6 nitrogen and oxygen atoms in total. The summed E-state index contributed by atoms with van der Waals surface area (Å²) in [4.78, 5) is 23.3.